The first kappa shape index (κ1) is 17.3. The standard InChI is InChI=1S/C21H25NO3/c1-24-19-13-18(14-20(15-19)25-2)21(23)22-10-8-17(9-11-22)12-16-6-4-3-5-7-16/h3-7,13-15,17H,8-12H2,1-2H3. The fourth-order valence-electron chi connectivity index (χ4n) is 3.40. The number of rotatable bonds is 5. The van der Waals surface area contributed by atoms with Gasteiger partial charge in [0.05, 0.1) is 14.2 Å². The molecule has 0 saturated carbocycles. The van der Waals surface area contributed by atoms with Gasteiger partial charge in [-0.3, -0.25) is 4.79 Å². The lowest BCUT2D eigenvalue weighted by Crippen LogP contribution is -2.38. The Morgan fingerprint density at radius 2 is 1.60 bits per heavy atom. The molecular formula is C21H25NO3. The molecule has 25 heavy (non-hydrogen) atoms. The van der Waals surface area contributed by atoms with Crippen molar-refractivity contribution in [2.24, 2.45) is 5.92 Å². The van der Waals surface area contributed by atoms with Crippen molar-refractivity contribution in [3.05, 3.63) is 59.7 Å². The Labute approximate surface area is 149 Å². The molecule has 0 unspecified atom stereocenters. The highest BCUT2D eigenvalue weighted by atomic mass is 16.5. The van der Waals surface area contributed by atoms with E-state index in [1.54, 1.807) is 32.4 Å². The van der Waals surface area contributed by atoms with Gasteiger partial charge in [0.25, 0.3) is 5.91 Å². The van der Waals surface area contributed by atoms with Crippen LogP contribution in [-0.4, -0.2) is 38.1 Å². The van der Waals surface area contributed by atoms with Gasteiger partial charge in [-0.2, -0.15) is 0 Å². The lowest BCUT2D eigenvalue weighted by atomic mass is 9.90. The van der Waals surface area contributed by atoms with E-state index in [9.17, 15) is 4.79 Å². The second kappa shape index (κ2) is 8.06. The summed E-state index contributed by atoms with van der Waals surface area (Å²) >= 11 is 0. The first-order chi connectivity index (χ1) is 12.2. The SMILES string of the molecule is COc1cc(OC)cc(C(=O)N2CCC(Cc3ccccc3)CC2)c1. The molecule has 0 N–H and O–H groups in total. The highest BCUT2D eigenvalue weighted by molar-refractivity contribution is 5.95. The molecule has 1 aliphatic rings. The van der Waals surface area contributed by atoms with Crippen molar-refractivity contribution in [2.75, 3.05) is 27.3 Å². The molecule has 0 aliphatic carbocycles. The van der Waals surface area contributed by atoms with Crippen LogP contribution in [0.3, 0.4) is 0 Å². The van der Waals surface area contributed by atoms with E-state index >= 15 is 0 Å². The quantitative estimate of drug-likeness (QED) is 0.832. The topological polar surface area (TPSA) is 38.8 Å². The van der Waals surface area contributed by atoms with Gasteiger partial charge >= 0.3 is 0 Å². The highest BCUT2D eigenvalue weighted by Crippen LogP contribution is 2.26. The summed E-state index contributed by atoms with van der Waals surface area (Å²) in [6.07, 6.45) is 3.18. The largest absolute Gasteiger partial charge is 0.497 e. The molecule has 0 spiro atoms. The predicted octanol–water partition coefficient (Wildman–Crippen LogP) is 3.80. The first-order valence-corrected chi connectivity index (χ1v) is 8.76. The zero-order valence-electron chi connectivity index (χ0n) is 14.9. The molecule has 2 aromatic carbocycles. The van der Waals surface area contributed by atoms with Gasteiger partial charge in [0.1, 0.15) is 11.5 Å². The van der Waals surface area contributed by atoms with E-state index in [1.807, 2.05) is 11.0 Å². The lowest BCUT2D eigenvalue weighted by molar-refractivity contribution is 0.0690. The number of hydrogen-bond acceptors (Lipinski definition) is 3. The third-order valence-corrected chi connectivity index (χ3v) is 4.87. The molecule has 1 heterocycles. The van der Waals surface area contributed by atoms with Crippen LogP contribution in [0.15, 0.2) is 48.5 Å². The van der Waals surface area contributed by atoms with E-state index in [-0.39, 0.29) is 5.91 Å². The number of likely N-dealkylation sites (tertiary alicyclic amines) is 1. The van der Waals surface area contributed by atoms with Crippen molar-refractivity contribution < 1.29 is 14.3 Å². The molecule has 132 valence electrons. The van der Waals surface area contributed by atoms with E-state index in [1.165, 1.54) is 5.56 Å². The maximum absolute atomic E-state index is 12.8. The van der Waals surface area contributed by atoms with Crippen LogP contribution in [-0.2, 0) is 6.42 Å². The molecule has 1 amide bonds. The summed E-state index contributed by atoms with van der Waals surface area (Å²) in [6, 6.07) is 15.9. The van der Waals surface area contributed by atoms with Crippen LogP contribution in [0.2, 0.25) is 0 Å². The molecule has 0 bridgehead atoms. The second-order valence-electron chi connectivity index (χ2n) is 6.53. The molecule has 1 saturated heterocycles. The van der Waals surface area contributed by atoms with Crippen molar-refractivity contribution in [3.8, 4) is 11.5 Å². The monoisotopic (exact) mass is 339 g/mol. The zero-order chi connectivity index (χ0) is 17.6. The molecular weight excluding hydrogens is 314 g/mol. The van der Waals surface area contributed by atoms with E-state index in [4.69, 9.17) is 9.47 Å². The predicted molar refractivity (Wildman–Crippen MR) is 98.3 cm³/mol. The number of amides is 1. The number of benzene rings is 2. The van der Waals surface area contributed by atoms with Gasteiger partial charge in [-0.25, -0.2) is 0 Å². The summed E-state index contributed by atoms with van der Waals surface area (Å²) < 4.78 is 10.5. The molecule has 0 atom stereocenters. The lowest BCUT2D eigenvalue weighted by Gasteiger charge is -2.32. The van der Waals surface area contributed by atoms with Crippen LogP contribution >= 0.6 is 0 Å². The van der Waals surface area contributed by atoms with Gasteiger partial charge in [-0.15, -0.1) is 0 Å². The summed E-state index contributed by atoms with van der Waals surface area (Å²) in [7, 11) is 3.19. The van der Waals surface area contributed by atoms with Gasteiger partial charge in [-0.05, 0) is 42.9 Å². The normalized spacial score (nSPS) is 15.0. The van der Waals surface area contributed by atoms with Crippen LogP contribution < -0.4 is 9.47 Å². The fourth-order valence-corrected chi connectivity index (χ4v) is 3.40. The van der Waals surface area contributed by atoms with E-state index in [0.29, 0.717) is 23.0 Å². The number of ether oxygens (including phenoxy) is 2. The number of methoxy groups -OCH3 is 2. The van der Waals surface area contributed by atoms with Crippen molar-refractivity contribution in [2.45, 2.75) is 19.3 Å². The Hall–Kier alpha value is -2.49. The van der Waals surface area contributed by atoms with Crippen LogP contribution in [0.4, 0.5) is 0 Å². The Bertz CT molecular complexity index is 684. The first-order valence-electron chi connectivity index (χ1n) is 8.76. The average molecular weight is 339 g/mol. The van der Waals surface area contributed by atoms with E-state index in [0.717, 1.165) is 32.4 Å². The Morgan fingerprint density at radius 3 is 2.16 bits per heavy atom. The summed E-state index contributed by atoms with van der Waals surface area (Å²) in [4.78, 5) is 14.8. The summed E-state index contributed by atoms with van der Waals surface area (Å²) in [6.45, 7) is 1.60. The van der Waals surface area contributed by atoms with Gasteiger partial charge in [0.2, 0.25) is 0 Å². The van der Waals surface area contributed by atoms with Gasteiger partial charge in [0.15, 0.2) is 0 Å². The Balaban J connectivity index is 1.62. The summed E-state index contributed by atoms with van der Waals surface area (Å²) in [5.41, 5.74) is 2.00. The smallest absolute Gasteiger partial charge is 0.254 e. The number of carbonyl (C=O) groups is 1. The number of piperidine rings is 1. The maximum atomic E-state index is 12.8. The highest BCUT2D eigenvalue weighted by Gasteiger charge is 2.24. The molecule has 4 heteroatoms. The van der Waals surface area contributed by atoms with Crippen molar-refractivity contribution in [1.82, 2.24) is 4.90 Å². The zero-order valence-corrected chi connectivity index (χ0v) is 14.9. The van der Waals surface area contributed by atoms with Gasteiger partial charge in [0, 0.05) is 24.7 Å². The number of carbonyl (C=O) groups excluding carboxylic acids is 1. The van der Waals surface area contributed by atoms with Crippen LogP contribution in [0.25, 0.3) is 0 Å². The Kier molecular flexibility index (Phi) is 5.59. The molecule has 1 fully saturated rings. The molecule has 4 nitrogen and oxygen atoms in total. The molecule has 3 rings (SSSR count). The number of hydrogen-bond donors (Lipinski definition) is 0. The molecule has 0 radical (unpaired) electrons. The minimum atomic E-state index is 0.0513. The van der Waals surface area contributed by atoms with Crippen molar-refractivity contribution >= 4 is 5.91 Å². The average Bonchev–Trinajstić information content (AvgIpc) is 2.68. The van der Waals surface area contributed by atoms with Crippen LogP contribution in [0.1, 0.15) is 28.8 Å². The number of nitrogens with zero attached hydrogens (tertiary/aromatic N) is 1. The van der Waals surface area contributed by atoms with Crippen LogP contribution in [0, 0.1) is 5.92 Å². The molecule has 2 aromatic rings. The van der Waals surface area contributed by atoms with Gasteiger partial charge in [-0.1, -0.05) is 30.3 Å². The summed E-state index contributed by atoms with van der Waals surface area (Å²) in [5, 5.41) is 0. The fraction of sp³-hybridized carbons (Fsp3) is 0.381. The third-order valence-electron chi connectivity index (χ3n) is 4.87. The summed E-state index contributed by atoms with van der Waals surface area (Å²) in [5.74, 6) is 1.98. The third kappa shape index (κ3) is 4.32. The molecule has 0 aromatic heterocycles. The van der Waals surface area contributed by atoms with Crippen molar-refractivity contribution in [3.63, 3.8) is 0 Å². The minimum absolute atomic E-state index is 0.0513. The van der Waals surface area contributed by atoms with Gasteiger partial charge < -0.3 is 14.4 Å². The van der Waals surface area contributed by atoms with E-state index < -0.39 is 0 Å². The van der Waals surface area contributed by atoms with Crippen molar-refractivity contribution in [1.29, 1.82) is 0 Å². The van der Waals surface area contributed by atoms with Crippen LogP contribution in [0.5, 0.6) is 11.5 Å². The van der Waals surface area contributed by atoms with E-state index in [2.05, 4.69) is 24.3 Å². The minimum Gasteiger partial charge on any atom is -0.497 e. The second-order valence-corrected chi connectivity index (χ2v) is 6.53. The maximum Gasteiger partial charge on any atom is 0.254 e. The molecule has 1 aliphatic heterocycles. The Morgan fingerprint density at radius 1 is 1.00 bits per heavy atom.